The molecule has 5 rings (SSSR count). The van der Waals surface area contributed by atoms with Crippen LogP contribution in [0.15, 0.2) is 41.1 Å². The van der Waals surface area contributed by atoms with E-state index in [1.165, 1.54) is 11.3 Å². The van der Waals surface area contributed by atoms with Crippen LogP contribution in [0.1, 0.15) is 28.2 Å². The lowest BCUT2D eigenvalue weighted by Gasteiger charge is -2.28. The molecule has 2 amide bonds. The summed E-state index contributed by atoms with van der Waals surface area (Å²) in [6, 6.07) is 10.0. The van der Waals surface area contributed by atoms with Gasteiger partial charge in [-0.15, -0.1) is 10.2 Å². The van der Waals surface area contributed by atoms with Gasteiger partial charge in [0.15, 0.2) is 0 Å². The Bertz CT molecular complexity index is 1050. The van der Waals surface area contributed by atoms with E-state index in [-0.39, 0.29) is 24.2 Å². The molecule has 2 aliphatic rings. The summed E-state index contributed by atoms with van der Waals surface area (Å²) in [4.78, 5) is 28.9. The molecule has 148 valence electrons. The summed E-state index contributed by atoms with van der Waals surface area (Å²) in [6.07, 6.45) is 3.16. The van der Waals surface area contributed by atoms with Crippen molar-refractivity contribution >= 4 is 28.3 Å². The van der Waals surface area contributed by atoms with Crippen molar-refractivity contribution in [3.8, 4) is 0 Å². The van der Waals surface area contributed by atoms with Gasteiger partial charge in [0.05, 0.1) is 18.2 Å². The minimum absolute atomic E-state index is 0.00160. The second-order valence-electron chi connectivity index (χ2n) is 7.34. The maximum absolute atomic E-state index is 13.0. The Hall–Kier alpha value is -3.07. The average Bonchev–Trinajstić information content (AvgIpc) is 3.47. The molecule has 29 heavy (non-hydrogen) atoms. The SMILES string of the molecule is O=C(C1CC(=O)N(c2nnc(Cc3ccccc3)s2)C1)N1CCc2nocc2C1. The molecule has 9 heteroatoms. The van der Waals surface area contributed by atoms with Crippen molar-refractivity contribution in [3.63, 3.8) is 0 Å². The largest absolute Gasteiger partial charge is 0.364 e. The summed E-state index contributed by atoms with van der Waals surface area (Å²) >= 11 is 1.41. The van der Waals surface area contributed by atoms with Crippen molar-refractivity contribution < 1.29 is 14.1 Å². The van der Waals surface area contributed by atoms with E-state index in [1.807, 2.05) is 30.3 Å². The highest BCUT2D eigenvalue weighted by Crippen LogP contribution is 2.30. The van der Waals surface area contributed by atoms with Gasteiger partial charge >= 0.3 is 0 Å². The monoisotopic (exact) mass is 409 g/mol. The third kappa shape index (κ3) is 3.53. The van der Waals surface area contributed by atoms with E-state index in [1.54, 1.807) is 16.1 Å². The number of rotatable bonds is 4. The van der Waals surface area contributed by atoms with Gasteiger partial charge in [0.25, 0.3) is 0 Å². The number of anilines is 1. The van der Waals surface area contributed by atoms with Crippen LogP contribution in [0, 0.1) is 5.92 Å². The number of hydrogen-bond donors (Lipinski definition) is 0. The Kier molecular flexibility index (Phi) is 4.59. The van der Waals surface area contributed by atoms with E-state index >= 15 is 0 Å². The molecule has 0 aliphatic carbocycles. The quantitative estimate of drug-likeness (QED) is 0.655. The highest BCUT2D eigenvalue weighted by molar-refractivity contribution is 7.15. The molecule has 4 heterocycles. The van der Waals surface area contributed by atoms with Crippen LogP contribution in [0.5, 0.6) is 0 Å². The molecule has 1 aromatic carbocycles. The fraction of sp³-hybridized carbons (Fsp3) is 0.350. The minimum Gasteiger partial charge on any atom is -0.364 e. The molecule has 2 aliphatic heterocycles. The fourth-order valence-corrected chi connectivity index (χ4v) is 4.74. The molecule has 3 aromatic rings. The number of fused-ring (bicyclic) bond motifs is 1. The molecule has 1 unspecified atom stereocenters. The van der Waals surface area contributed by atoms with Gasteiger partial charge in [-0.1, -0.05) is 46.8 Å². The second kappa shape index (κ2) is 7.40. The molecule has 0 bridgehead atoms. The smallest absolute Gasteiger partial charge is 0.229 e. The van der Waals surface area contributed by atoms with Gasteiger partial charge in [-0.05, 0) is 5.56 Å². The fourth-order valence-electron chi connectivity index (χ4n) is 3.84. The summed E-state index contributed by atoms with van der Waals surface area (Å²) in [5, 5.41) is 13.8. The van der Waals surface area contributed by atoms with Crippen LogP contribution in [0.2, 0.25) is 0 Å². The molecule has 0 N–H and O–H groups in total. The van der Waals surface area contributed by atoms with Crippen molar-refractivity contribution in [2.75, 3.05) is 18.0 Å². The van der Waals surface area contributed by atoms with Gasteiger partial charge in [-0.25, -0.2) is 0 Å². The average molecular weight is 409 g/mol. The lowest BCUT2D eigenvalue weighted by atomic mass is 10.0. The number of nitrogens with zero attached hydrogens (tertiary/aromatic N) is 5. The van der Waals surface area contributed by atoms with Crippen molar-refractivity contribution in [2.24, 2.45) is 5.92 Å². The van der Waals surface area contributed by atoms with Crippen LogP contribution in [0.4, 0.5) is 5.13 Å². The van der Waals surface area contributed by atoms with Gasteiger partial charge in [-0.2, -0.15) is 0 Å². The first-order valence-electron chi connectivity index (χ1n) is 9.55. The predicted octanol–water partition coefficient (Wildman–Crippen LogP) is 2.05. The number of hydrogen-bond acceptors (Lipinski definition) is 7. The van der Waals surface area contributed by atoms with Crippen LogP contribution >= 0.6 is 11.3 Å². The first-order valence-corrected chi connectivity index (χ1v) is 10.4. The number of carbonyl (C=O) groups excluding carboxylic acids is 2. The maximum atomic E-state index is 13.0. The summed E-state index contributed by atoms with van der Waals surface area (Å²) in [7, 11) is 0. The van der Waals surface area contributed by atoms with Crippen LogP contribution < -0.4 is 4.90 Å². The molecular formula is C20H19N5O3S. The number of carbonyl (C=O) groups is 2. The molecule has 2 aromatic heterocycles. The Morgan fingerprint density at radius 2 is 2.10 bits per heavy atom. The third-order valence-corrected chi connectivity index (χ3v) is 6.33. The van der Waals surface area contributed by atoms with Crippen LogP contribution in [0.3, 0.4) is 0 Å². The zero-order valence-electron chi connectivity index (χ0n) is 15.7. The lowest BCUT2D eigenvalue weighted by molar-refractivity contribution is -0.136. The maximum Gasteiger partial charge on any atom is 0.229 e. The van der Waals surface area contributed by atoms with E-state index in [0.717, 1.165) is 21.8 Å². The lowest BCUT2D eigenvalue weighted by Crippen LogP contribution is -2.40. The first kappa shape index (κ1) is 18.0. The molecule has 1 saturated heterocycles. The third-order valence-electron chi connectivity index (χ3n) is 5.38. The van der Waals surface area contributed by atoms with Gasteiger partial charge < -0.3 is 9.42 Å². The number of aromatic nitrogens is 3. The van der Waals surface area contributed by atoms with Crippen molar-refractivity contribution in [1.82, 2.24) is 20.3 Å². The minimum atomic E-state index is -0.356. The van der Waals surface area contributed by atoms with Crippen molar-refractivity contribution in [3.05, 3.63) is 58.4 Å². The second-order valence-corrected chi connectivity index (χ2v) is 8.38. The Labute approximate surface area is 171 Å². The molecule has 0 spiro atoms. The normalized spacial score (nSPS) is 18.9. The van der Waals surface area contributed by atoms with E-state index in [2.05, 4.69) is 15.4 Å². The zero-order chi connectivity index (χ0) is 19.8. The summed E-state index contributed by atoms with van der Waals surface area (Å²) in [5.74, 6) is -0.430. The molecule has 0 saturated carbocycles. The van der Waals surface area contributed by atoms with Crippen LogP contribution in [-0.2, 0) is 29.0 Å². The van der Waals surface area contributed by atoms with Gasteiger partial charge in [0.2, 0.25) is 16.9 Å². The predicted molar refractivity (Wildman–Crippen MR) is 105 cm³/mol. The van der Waals surface area contributed by atoms with Crippen LogP contribution in [-0.4, -0.2) is 45.2 Å². The topological polar surface area (TPSA) is 92.4 Å². The van der Waals surface area contributed by atoms with Crippen molar-refractivity contribution in [1.29, 1.82) is 0 Å². The Balaban J connectivity index is 1.25. The standard InChI is InChI=1S/C20H19N5O3S/c26-18-9-14(19(27)24-7-6-16-15(10-24)12-28-23-16)11-25(18)20-22-21-17(29-20)8-13-4-2-1-3-5-13/h1-5,12,14H,6-11H2. The first-order chi connectivity index (χ1) is 14.2. The number of benzene rings is 1. The number of amides is 2. The van der Waals surface area contributed by atoms with Gasteiger partial charge in [0, 0.05) is 37.9 Å². The summed E-state index contributed by atoms with van der Waals surface area (Å²) in [5.41, 5.74) is 3.01. The van der Waals surface area contributed by atoms with Gasteiger partial charge in [0.1, 0.15) is 11.3 Å². The molecule has 8 nitrogen and oxygen atoms in total. The Morgan fingerprint density at radius 3 is 2.97 bits per heavy atom. The summed E-state index contributed by atoms with van der Waals surface area (Å²) in [6.45, 7) is 1.44. The Morgan fingerprint density at radius 1 is 1.24 bits per heavy atom. The van der Waals surface area contributed by atoms with Crippen molar-refractivity contribution in [2.45, 2.75) is 25.8 Å². The molecule has 0 radical (unpaired) electrons. The molecular weight excluding hydrogens is 390 g/mol. The molecule has 1 fully saturated rings. The zero-order valence-corrected chi connectivity index (χ0v) is 16.5. The van der Waals surface area contributed by atoms with E-state index < -0.39 is 0 Å². The highest BCUT2D eigenvalue weighted by Gasteiger charge is 2.39. The van der Waals surface area contributed by atoms with E-state index in [0.29, 0.717) is 37.6 Å². The van der Waals surface area contributed by atoms with E-state index in [9.17, 15) is 9.59 Å². The van der Waals surface area contributed by atoms with Crippen LogP contribution in [0.25, 0.3) is 0 Å². The van der Waals surface area contributed by atoms with E-state index in [4.69, 9.17) is 4.52 Å². The summed E-state index contributed by atoms with van der Waals surface area (Å²) < 4.78 is 4.99. The van der Waals surface area contributed by atoms with Gasteiger partial charge in [-0.3, -0.25) is 14.5 Å². The highest BCUT2D eigenvalue weighted by atomic mass is 32.1. The molecule has 1 atom stereocenters.